The van der Waals surface area contributed by atoms with Crippen LogP contribution in [0.1, 0.15) is 23.6 Å². The van der Waals surface area contributed by atoms with Crippen molar-refractivity contribution in [3.8, 4) is 0 Å². The van der Waals surface area contributed by atoms with E-state index in [1.165, 1.54) is 12.1 Å². The van der Waals surface area contributed by atoms with Gasteiger partial charge >= 0.3 is 0 Å². The van der Waals surface area contributed by atoms with Gasteiger partial charge in [-0.3, -0.25) is 0 Å². The first-order valence-corrected chi connectivity index (χ1v) is 5.49. The molecule has 0 spiro atoms. The van der Waals surface area contributed by atoms with E-state index >= 15 is 0 Å². The monoisotopic (exact) mass is 244 g/mol. The van der Waals surface area contributed by atoms with Gasteiger partial charge < -0.3 is 15.8 Å². The number of benzene rings is 1. The summed E-state index contributed by atoms with van der Waals surface area (Å²) in [6.07, 6.45) is -2.45. The third kappa shape index (κ3) is 4.38. The normalized spacial score (nSPS) is 13.0. The van der Waals surface area contributed by atoms with Crippen LogP contribution in [0.2, 0.25) is 0 Å². The summed E-state index contributed by atoms with van der Waals surface area (Å²) < 4.78 is 30.0. The molecule has 0 bridgehead atoms. The number of methoxy groups -OCH3 is 1. The SMILES string of the molecule is COCCNC(CN)c1cccc(C(F)F)c1. The van der Waals surface area contributed by atoms with Gasteiger partial charge in [0.05, 0.1) is 6.61 Å². The Morgan fingerprint density at radius 3 is 2.65 bits per heavy atom. The molecule has 0 fully saturated rings. The van der Waals surface area contributed by atoms with Crippen molar-refractivity contribution >= 4 is 0 Å². The number of ether oxygens (including phenoxy) is 1. The van der Waals surface area contributed by atoms with Crippen LogP contribution in [-0.2, 0) is 4.74 Å². The van der Waals surface area contributed by atoms with Crippen LogP contribution in [0.15, 0.2) is 24.3 Å². The average Bonchev–Trinajstić information content (AvgIpc) is 2.35. The minimum Gasteiger partial charge on any atom is -0.383 e. The lowest BCUT2D eigenvalue weighted by Gasteiger charge is -2.17. The Morgan fingerprint density at radius 1 is 1.35 bits per heavy atom. The molecular weight excluding hydrogens is 226 g/mol. The third-order valence-corrected chi connectivity index (χ3v) is 2.50. The first-order valence-electron chi connectivity index (χ1n) is 5.49. The zero-order valence-electron chi connectivity index (χ0n) is 9.83. The minimum absolute atomic E-state index is 0.0227. The molecule has 0 radical (unpaired) electrons. The lowest BCUT2D eigenvalue weighted by Crippen LogP contribution is -2.30. The van der Waals surface area contributed by atoms with Gasteiger partial charge in [0.1, 0.15) is 0 Å². The summed E-state index contributed by atoms with van der Waals surface area (Å²) in [5, 5.41) is 3.16. The highest BCUT2D eigenvalue weighted by Gasteiger charge is 2.12. The Kier molecular flexibility index (Phi) is 6.04. The Hall–Kier alpha value is -1.04. The highest BCUT2D eigenvalue weighted by atomic mass is 19.3. The molecule has 0 heterocycles. The van der Waals surface area contributed by atoms with E-state index in [4.69, 9.17) is 10.5 Å². The van der Waals surface area contributed by atoms with Crippen LogP contribution >= 0.6 is 0 Å². The molecule has 17 heavy (non-hydrogen) atoms. The molecule has 0 saturated carbocycles. The Bertz CT molecular complexity index is 334. The topological polar surface area (TPSA) is 47.3 Å². The molecule has 1 aromatic rings. The second kappa shape index (κ2) is 7.32. The van der Waals surface area contributed by atoms with E-state index in [0.717, 1.165) is 5.56 Å². The van der Waals surface area contributed by atoms with Crippen LogP contribution in [0.4, 0.5) is 8.78 Å². The third-order valence-electron chi connectivity index (χ3n) is 2.50. The number of nitrogens with one attached hydrogen (secondary N) is 1. The Labute approximate surface area is 100.0 Å². The highest BCUT2D eigenvalue weighted by Crippen LogP contribution is 2.22. The highest BCUT2D eigenvalue weighted by molar-refractivity contribution is 5.27. The quantitative estimate of drug-likeness (QED) is 0.720. The van der Waals surface area contributed by atoms with Crippen LogP contribution in [0, 0.1) is 0 Å². The summed E-state index contributed by atoms with van der Waals surface area (Å²) >= 11 is 0. The van der Waals surface area contributed by atoms with Crippen LogP contribution in [0.25, 0.3) is 0 Å². The minimum atomic E-state index is -2.45. The second-order valence-electron chi connectivity index (χ2n) is 3.71. The molecule has 0 aliphatic rings. The summed E-state index contributed by atoms with van der Waals surface area (Å²) in [7, 11) is 1.61. The van der Waals surface area contributed by atoms with E-state index in [1.54, 1.807) is 19.2 Å². The van der Waals surface area contributed by atoms with E-state index in [1.807, 2.05) is 0 Å². The van der Waals surface area contributed by atoms with Crippen LogP contribution in [0.5, 0.6) is 0 Å². The van der Waals surface area contributed by atoms with Gasteiger partial charge in [0.25, 0.3) is 6.43 Å². The molecule has 1 atom stereocenters. The van der Waals surface area contributed by atoms with Gasteiger partial charge in [0, 0.05) is 31.8 Å². The van der Waals surface area contributed by atoms with Crippen molar-refractivity contribution in [3.05, 3.63) is 35.4 Å². The van der Waals surface area contributed by atoms with Crippen LogP contribution in [-0.4, -0.2) is 26.8 Å². The lowest BCUT2D eigenvalue weighted by molar-refractivity contribution is 0.151. The maximum absolute atomic E-state index is 12.5. The van der Waals surface area contributed by atoms with Crippen LogP contribution < -0.4 is 11.1 Å². The molecule has 0 aliphatic heterocycles. The van der Waals surface area contributed by atoms with Gasteiger partial charge in [-0.05, 0) is 11.6 Å². The Balaban J connectivity index is 2.70. The molecule has 1 aromatic carbocycles. The van der Waals surface area contributed by atoms with E-state index < -0.39 is 6.43 Å². The summed E-state index contributed by atoms with van der Waals surface area (Å²) in [4.78, 5) is 0. The van der Waals surface area contributed by atoms with Gasteiger partial charge in [-0.1, -0.05) is 18.2 Å². The smallest absolute Gasteiger partial charge is 0.263 e. The molecular formula is C12H18F2N2O. The predicted molar refractivity (Wildman–Crippen MR) is 63.1 cm³/mol. The van der Waals surface area contributed by atoms with Crippen LogP contribution in [0.3, 0.4) is 0 Å². The van der Waals surface area contributed by atoms with Gasteiger partial charge in [-0.25, -0.2) is 8.78 Å². The number of halogens is 2. The molecule has 0 aromatic heterocycles. The number of hydrogen-bond donors (Lipinski definition) is 2. The van der Waals surface area contributed by atoms with E-state index in [-0.39, 0.29) is 11.6 Å². The maximum Gasteiger partial charge on any atom is 0.263 e. The zero-order chi connectivity index (χ0) is 12.7. The molecule has 3 nitrogen and oxygen atoms in total. The average molecular weight is 244 g/mol. The fraction of sp³-hybridized carbons (Fsp3) is 0.500. The lowest BCUT2D eigenvalue weighted by atomic mass is 10.0. The predicted octanol–water partition coefficient (Wildman–Crippen LogP) is 1.86. The Morgan fingerprint density at radius 2 is 2.06 bits per heavy atom. The van der Waals surface area contributed by atoms with E-state index in [2.05, 4.69) is 5.32 Å². The molecule has 5 heteroatoms. The van der Waals surface area contributed by atoms with E-state index in [0.29, 0.717) is 19.7 Å². The largest absolute Gasteiger partial charge is 0.383 e. The first-order chi connectivity index (χ1) is 8.19. The van der Waals surface area contributed by atoms with Gasteiger partial charge in [-0.15, -0.1) is 0 Å². The maximum atomic E-state index is 12.5. The fourth-order valence-electron chi connectivity index (χ4n) is 1.58. The number of hydrogen-bond acceptors (Lipinski definition) is 3. The molecule has 3 N–H and O–H groups in total. The van der Waals surface area contributed by atoms with Crippen molar-refractivity contribution in [3.63, 3.8) is 0 Å². The summed E-state index contributed by atoms with van der Waals surface area (Å²) in [5.41, 5.74) is 6.42. The zero-order valence-corrected chi connectivity index (χ0v) is 9.83. The van der Waals surface area contributed by atoms with Gasteiger partial charge in [0.2, 0.25) is 0 Å². The number of rotatable bonds is 7. The molecule has 1 rings (SSSR count). The standard InChI is InChI=1S/C12H18F2N2O/c1-17-6-5-16-11(8-15)9-3-2-4-10(7-9)12(13)14/h2-4,7,11-12,16H,5-6,8,15H2,1H3. The van der Waals surface area contributed by atoms with Crippen molar-refractivity contribution in [1.29, 1.82) is 0 Å². The van der Waals surface area contributed by atoms with Gasteiger partial charge in [-0.2, -0.15) is 0 Å². The summed E-state index contributed by atoms with van der Waals surface area (Å²) in [5.74, 6) is 0. The van der Waals surface area contributed by atoms with Crippen molar-refractivity contribution < 1.29 is 13.5 Å². The van der Waals surface area contributed by atoms with Crippen molar-refractivity contribution in [2.45, 2.75) is 12.5 Å². The van der Waals surface area contributed by atoms with Crippen molar-refractivity contribution in [2.75, 3.05) is 26.8 Å². The molecule has 1 unspecified atom stereocenters. The summed E-state index contributed by atoms with van der Waals surface area (Å²) in [6.45, 7) is 1.55. The molecule has 0 aliphatic carbocycles. The molecule has 0 amide bonds. The van der Waals surface area contributed by atoms with Gasteiger partial charge in [0.15, 0.2) is 0 Å². The number of nitrogens with two attached hydrogens (primary N) is 1. The van der Waals surface area contributed by atoms with Crippen molar-refractivity contribution in [1.82, 2.24) is 5.32 Å². The summed E-state index contributed by atoms with van der Waals surface area (Å²) in [6, 6.07) is 6.20. The first kappa shape index (κ1) is 14.0. The van der Waals surface area contributed by atoms with E-state index in [9.17, 15) is 8.78 Å². The number of alkyl halides is 2. The second-order valence-corrected chi connectivity index (χ2v) is 3.71. The molecule has 0 saturated heterocycles. The molecule has 96 valence electrons. The van der Waals surface area contributed by atoms with Crippen molar-refractivity contribution in [2.24, 2.45) is 5.73 Å². The fourth-order valence-corrected chi connectivity index (χ4v) is 1.58.